The normalized spacial score (nSPS) is 10.5. The number of carbonyl (C=O) groups is 1. The number of rotatable bonds is 4. The van der Waals surface area contributed by atoms with Gasteiger partial charge in [-0.05, 0) is 44.0 Å². The molecule has 0 spiro atoms. The highest BCUT2D eigenvalue weighted by molar-refractivity contribution is 8.00. The minimum Gasteiger partial charge on any atom is -0.325 e. The molecule has 0 saturated heterocycles. The molecule has 0 saturated carbocycles. The van der Waals surface area contributed by atoms with E-state index >= 15 is 0 Å². The number of nitrogens with zero attached hydrogens (tertiary/aromatic N) is 1. The first kappa shape index (κ1) is 15.9. The van der Waals surface area contributed by atoms with E-state index < -0.39 is 0 Å². The van der Waals surface area contributed by atoms with Crippen molar-refractivity contribution in [1.29, 1.82) is 0 Å². The SMILES string of the molecule is Cc1cc(C)c(NC(=O)CSc2ncccc2Cl)c(C)c1. The van der Waals surface area contributed by atoms with Gasteiger partial charge in [-0.15, -0.1) is 0 Å². The molecule has 0 bridgehead atoms. The topological polar surface area (TPSA) is 42.0 Å². The lowest BCUT2D eigenvalue weighted by Crippen LogP contribution is -2.16. The molecule has 1 heterocycles. The maximum atomic E-state index is 12.1. The zero-order chi connectivity index (χ0) is 15.4. The summed E-state index contributed by atoms with van der Waals surface area (Å²) in [5.74, 6) is 0.223. The first-order valence-corrected chi connectivity index (χ1v) is 7.94. The average Bonchev–Trinajstić information content (AvgIpc) is 2.42. The molecule has 0 aliphatic heterocycles. The highest BCUT2D eigenvalue weighted by atomic mass is 35.5. The van der Waals surface area contributed by atoms with Gasteiger partial charge in [0.15, 0.2) is 0 Å². The molecule has 21 heavy (non-hydrogen) atoms. The molecule has 0 unspecified atom stereocenters. The van der Waals surface area contributed by atoms with Crippen molar-refractivity contribution in [1.82, 2.24) is 4.98 Å². The Bertz CT molecular complexity index is 650. The first-order valence-electron chi connectivity index (χ1n) is 6.58. The number of anilines is 1. The first-order chi connectivity index (χ1) is 9.97. The molecule has 1 aromatic heterocycles. The van der Waals surface area contributed by atoms with Crippen molar-refractivity contribution in [2.45, 2.75) is 25.8 Å². The monoisotopic (exact) mass is 320 g/mol. The number of amides is 1. The average molecular weight is 321 g/mol. The lowest BCUT2D eigenvalue weighted by atomic mass is 10.1. The van der Waals surface area contributed by atoms with Gasteiger partial charge in [-0.1, -0.05) is 41.1 Å². The molecule has 2 rings (SSSR count). The molecule has 1 amide bonds. The predicted octanol–water partition coefficient (Wildman–Crippen LogP) is 4.39. The fourth-order valence-corrected chi connectivity index (χ4v) is 3.13. The Morgan fingerprint density at radius 3 is 2.57 bits per heavy atom. The fourth-order valence-electron chi connectivity index (χ4n) is 2.16. The Morgan fingerprint density at radius 2 is 1.95 bits per heavy atom. The van der Waals surface area contributed by atoms with Gasteiger partial charge in [0.2, 0.25) is 5.91 Å². The van der Waals surface area contributed by atoms with Crippen LogP contribution in [0.2, 0.25) is 5.02 Å². The maximum Gasteiger partial charge on any atom is 0.234 e. The van der Waals surface area contributed by atoms with E-state index in [2.05, 4.69) is 22.4 Å². The second kappa shape index (κ2) is 6.96. The minimum absolute atomic E-state index is 0.0585. The van der Waals surface area contributed by atoms with E-state index in [1.54, 1.807) is 18.3 Å². The standard InChI is InChI=1S/C16H17ClN2OS/c1-10-7-11(2)15(12(3)8-10)19-14(20)9-21-16-13(17)5-4-6-18-16/h4-8H,9H2,1-3H3,(H,19,20). The summed E-state index contributed by atoms with van der Waals surface area (Å²) in [6, 6.07) is 7.66. The van der Waals surface area contributed by atoms with Crippen LogP contribution in [0.5, 0.6) is 0 Å². The Morgan fingerprint density at radius 1 is 1.29 bits per heavy atom. The van der Waals surface area contributed by atoms with Crippen molar-refractivity contribution in [3.8, 4) is 0 Å². The van der Waals surface area contributed by atoms with E-state index in [0.717, 1.165) is 16.8 Å². The van der Waals surface area contributed by atoms with Gasteiger partial charge in [-0.2, -0.15) is 0 Å². The summed E-state index contributed by atoms with van der Waals surface area (Å²) in [4.78, 5) is 16.2. The Labute approximate surface area is 134 Å². The number of aromatic nitrogens is 1. The summed E-state index contributed by atoms with van der Waals surface area (Å²) in [6.45, 7) is 6.04. The van der Waals surface area contributed by atoms with Gasteiger partial charge in [0, 0.05) is 11.9 Å². The van der Waals surface area contributed by atoms with Gasteiger partial charge in [0.05, 0.1) is 10.8 Å². The molecule has 0 aliphatic carbocycles. The summed E-state index contributed by atoms with van der Waals surface area (Å²) in [6.07, 6.45) is 1.67. The minimum atomic E-state index is -0.0585. The molecule has 0 atom stereocenters. The number of benzene rings is 1. The van der Waals surface area contributed by atoms with Gasteiger partial charge in [0.1, 0.15) is 5.03 Å². The molecular weight excluding hydrogens is 304 g/mol. The number of hydrogen-bond donors (Lipinski definition) is 1. The van der Waals surface area contributed by atoms with Crippen LogP contribution in [0.25, 0.3) is 0 Å². The van der Waals surface area contributed by atoms with Crippen LogP contribution in [0.4, 0.5) is 5.69 Å². The van der Waals surface area contributed by atoms with Gasteiger partial charge >= 0.3 is 0 Å². The summed E-state index contributed by atoms with van der Waals surface area (Å²) in [5.41, 5.74) is 4.22. The van der Waals surface area contributed by atoms with Crippen LogP contribution in [0, 0.1) is 20.8 Å². The molecule has 110 valence electrons. The molecule has 2 aromatic rings. The summed E-state index contributed by atoms with van der Waals surface area (Å²) < 4.78 is 0. The zero-order valence-electron chi connectivity index (χ0n) is 12.2. The lowest BCUT2D eigenvalue weighted by Gasteiger charge is -2.12. The van der Waals surface area contributed by atoms with Crippen LogP contribution in [0.3, 0.4) is 0 Å². The number of nitrogens with one attached hydrogen (secondary N) is 1. The number of hydrogen-bond acceptors (Lipinski definition) is 3. The summed E-state index contributed by atoms with van der Waals surface area (Å²) in [7, 11) is 0. The third kappa shape index (κ3) is 4.22. The van der Waals surface area contributed by atoms with E-state index in [-0.39, 0.29) is 11.7 Å². The van der Waals surface area contributed by atoms with Crippen molar-refractivity contribution >= 4 is 35.0 Å². The second-order valence-corrected chi connectivity index (χ2v) is 6.27. The summed E-state index contributed by atoms with van der Waals surface area (Å²) >= 11 is 7.35. The van der Waals surface area contributed by atoms with Crippen molar-refractivity contribution < 1.29 is 4.79 Å². The Balaban J connectivity index is 2.01. The Hall–Kier alpha value is -1.52. The quantitative estimate of drug-likeness (QED) is 0.849. The van der Waals surface area contributed by atoms with E-state index in [1.807, 2.05) is 20.8 Å². The Kier molecular flexibility index (Phi) is 5.26. The lowest BCUT2D eigenvalue weighted by molar-refractivity contribution is -0.113. The van der Waals surface area contributed by atoms with Crippen LogP contribution in [-0.2, 0) is 4.79 Å². The molecular formula is C16H17ClN2OS. The smallest absolute Gasteiger partial charge is 0.234 e. The van der Waals surface area contributed by atoms with Gasteiger partial charge in [-0.3, -0.25) is 4.79 Å². The van der Waals surface area contributed by atoms with Gasteiger partial charge < -0.3 is 5.32 Å². The van der Waals surface area contributed by atoms with Crippen LogP contribution in [-0.4, -0.2) is 16.6 Å². The molecule has 0 fully saturated rings. The third-order valence-electron chi connectivity index (χ3n) is 3.01. The number of thioether (sulfide) groups is 1. The van der Waals surface area contributed by atoms with E-state index in [1.165, 1.54) is 17.3 Å². The third-order valence-corrected chi connectivity index (χ3v) is 4.43. The molecule has 0 aliphatic rings. The molecule has 1 aromatic carbocycles. The van der Waals surface area contributed by atoms with Gasteiger partial charge in [0.25, 0.3) is 0 Å². The van der Waals surface area contributed by atoms with Crippen molar-refractivity contribution in [2.24, 2.45) is 0 Å². The number of pyridine rings is 1. The predicted molar refractivity (Wildman–Crippen MR) is 89.3 cm³/mol. The van der Waals surface area contributed by atoms with E-state index in [4.69, 9.17) is 11.6 Å². The molecule has 0 radical (unpaired) electrons. The van der Waals surface area contributed by atoms with Gasteiger partial charge in [-0.25, -0.2) is 4.98 Å². The molecule has 3 nitrogen and oxygen atoms in total. The molecule has 1 N–H and O–H groups in total. The van der Waals surface area contributed by atoms with Crippen LogP contribution in [0.1, 0.15) is 16.7 Å². The van der Waals surface area contributed by atoms with Crippen LogP contribution >= 0.6 is 23.4 Å². The largest absolute Gasteiger partial charge is 0.325 e. The van der Waals surface area contributed by atoms with Crippen molar-refractivity contribution in [2.75, 3.05) is 11.1 Å². The zero-order valence-corrected chi connectivity index (χ0v) is 13.8. The van der Waals surface area contributed by atoms with Crippen molar-refractivity contribution in [3.63, 3.8) is 0 Å². The summed E-state index contributed by atoms with van der Waals surface area (Å²) in [5, 5.41) is 4.21. The van der Waals surface area contributed by atoms with Crippen molar-refractivity contribution in [3.05, 3.63) is 52.2 Å². The highest BCUT2D eigenvalue weighted by Gasteiger charge is 2.10. The molecule has 5 heteroatoms. The second-order valence-electron chi connectivity index (χ2n) is 4.90. The van der Waals surface area contributed by atoms with E-state index in [9.17, 15) is 4.79 Å². The number of halogens is 1. The number of aryl methyl sites for hydroxylation is 3. The number of carbonyl (C=O) groups excluding carboxylic acids is 1. The maximum absolute atomic E-state index is 12.1. The van der Waals surface area contributed by atoms with Crippen LogP contribution in [0.15, 0.2) is 35.5 Å². The van der Waals surface area contributed by atoms with Crippen LogP contribution < -0.4 is 5.32 Å². The highest BCUT2D eigenvalue weighted by Crippen LogP contribution is 2.25. The van der Waals surface area contributed by atoms with E-state index in [0.29, 0.717) is 10.0 Å². The fraction of sp³-hybridized carbons (Fsp3) is 0.250.